The summed E-state index contributed by atoms with van der Waals surface area (Å²) in [5.74, 6) is 0.275. The average Bonchev–Trinajstić information content (AvgIpc) is 2.48. The molecular formula is C15H17ClN2O3. The zero-order chi connectivity index (χ0) is 15.0. The highest BCUT2D eigenvalue weighted by atomic mass is 35.5. The van der Waals surface area contributed by atoms with Gasteiger partial charge in [-0.05, 0) is 37.0 Å². The summed E-state index contributed by atoms with van der Waals surface area (Å²) in [7, 11) is 0. The molecule has 2 N–H and O–H groups in total. The minimum Gasteiger partial charge on any atom is -0.508 e. The second-order valence-corrected chi connectivity index (χ2v) is 6.08. The van der Waals surface area contributed by atoms with Crippen LogP contribution in [-0.4, -0.2) is 41.0 Å². The maximum Gasteiger partial charge on any atom is 0.255 e. The Hall–Kier alpha value is -1.75. The quantitative estimate of drug-likeness (QED) is 0.831. The van der Waals surface area contributed by atoms with Crippen LogP contribution in [0, 0.1) is 5.92 Å². The Labute approximate surface area is 127 Å². The molecule has 0 radical (unpaired) electrons. The van der Waals surface area contributed by atoms with Gasteiger partial charge in [0.1, 0.15) is 5.75 Å². The lowest BCUT2D eigenvalue weighted by atomic mass is 9.85. The first-order valence-electron chi connectivity index (χ1n) is 7.12. The number of likely N-dealkylation sites (tertiary alicyclic amines) is 1. The van der Waals surface area contributed by atoms with Crippen molar-refractivity contribution in [2.75, 3.05) is 13.1 Å². The lowest BCUT2D eigenvalue weighted by Gasteiger charge is -2.41. The number of rotatable bonds is 1. The second kappa shape index (κ2) is 5.56. The SMILES string of the molecule is O=C1CCC2CN(C(=O)c3cc(O)ccc3Cl)CCC2N1. The van der Waals surface area contributed by atoms with Crippen molar-refractivity contribution in [1.82, 2.24) is 10.2 Å². The Morgan fingerprint density at radius 1 is 1.38 bits per heavy atom. The van der Waals surface area contributed by atoms with Crippen LogP contribution in [0.1, 0.15) is 29.6 Å². The zero-order valence-corrected chi connectivity index (χ0v) is 12.3. The fraction of sp³-hybridized carbons (Fsp3) is 0.467. The van der Waals surface area contributed by atoms with Crippen molar-refractivity contribution in [2.24, 2.45) is 5.92 Å². The van der Waals surface area contributed by atoms with E-state index in [1.165, 1.54) is 18.2 Å². The summed E-state index contributed by atoms with van der Waals surface area (Å²) in [5, 5.41) is 12.9. The summed E-state index contributed by atoms with van der Waals surface area (Å²) in [5.41, 5.74) is 0.329. The molecule has 2 aliphatic heterocycles. The van der Waals surface area contributed by atoms with E-state index in [2.05, 4.69) is 5.32 Å². The molecule has 0 saturated carbocycles. The first kappa shape index (κ1) is 14.2. The molecule has 3 rings (SSSR count). The minimum absolute atomic E-state index is 0.0302. The molecule has 6 heteroatoms. The van der Waals surface area contributed by atoms with E-state index in [1.54, 1.807) is 4.90 Å². The molecule has 2 saturated heterocycles. The number of aromatic hydroxyl groups is 1. The van der Waals surface area contributed by atoms with E-state index in [1.807, 2.05) is 0 Å². The fourth-order valence-corrected chi connectivity index (χ4v) is 3.34. The van der Waals surface area contributed by atoms with E-state index in [4.69, 9.17) is 11.6 Å². The van der Waals surface area contributed by atoms with Crippen molar-refractivity contribution in [1.29, 1.82) is 0 Å². The molecule has 0 aromatic heterocycles. The summed E-state index contributed by atoms with van der Waals surface area (Å²) in [4.78, 5) is 25.7. The number of piperidine rings is 2. The average molecular weight is 309 g/mol. The van der Waals surface area contributed by atoms with Crippen molar-refractivity contribution < 1.29 is 14.7 Å². The van der Waals surface area contributed by atoms with Crippen LogP contribution < -0.4 is 5.32 Å². The number of phenolic OH excluding ortho intramolecular Hbond substituents is 1. The summed E-state index contributed by atoms with van der Waals surface area (Å²) in [6.45, 7) is 1.21. The molecule has 2 atom stereocenters. The first-order chi connectivity index (χ1) is 10.0. The van der Waals surface area contributed by atoms with Gasteiger partial charge in [-0.3, -0.25) is 9.59 Å². The maximum atomic E-state index is 12.6. The Morgan fingerprint density at radius 2 is 2.19 bits per heavy atom. The number of amides is 2. The minimum atomic E-state index is -0.161. The molecule has 21 heavy (non-hydrogen) atoms. The summed E-state index contributed by atoms with van der Waals surface area (Å²) in [6.07, 6.45) is 2.10. The van der Waals surface area contributed by atoms with E-state index >= 15 is 0 Å². The van der Waals surface area contributed by atoms with Crippen LogP contribution in [0.25, 0.3) is 0 Å². The van der Waals surface area contributed by atoms with Crippen molar-refractivity contribution in [3.8, 4) is 5.75 Å². The van der Waals surface area contributed by atoms with Crippen LogP contribution >= 0.6 is 11.6 Å². The molecular weight excluding hydrogens is 292 g/mol. The fourth-order valence-electron chi connectivity index (χ4n) is 3.14. The monoisotopic (exact) mass is 308 g/mol. The van der Waals surface area contributed by atoms with Gasteiger partial charge in [-0.2, -0.15) is 0 Å². The largest absolute Gasteiger partial charge is 0.508 e. The van der Waals surface area contributed by atoms with Gasteiger partial charge in [-0.25, -0.2) is 0 Å². The van der Waals surface area contributed by atoms with Crippen molar-refractivity contribution in [3.63, 3.8) is 0 Å². The highest BCUT2D eigenvalue weighted by Gasteiger charge is 2.35. The Balaban J connectivity index is 1.74. The van der Waals surface area contributed by atoms with Gasteiger partial charge in [-0.1, -0.05) is 11.6 Å². The van der Waals surface area contributed by atoms with E-state index in [0.29, 0.717) is 36.0 Å². The first-order valence-corrected chi connectivity index (χ1v) is 7.49. The standard InChI is InChI=1S/C15H17ClN2O3/c16-12-3-2-10(19)7-11(12)15(21)18-6-5-13-9(8-18)1-4-14(20)17-13/h2-3,7,9,13,19H,1,4-6,8H2,(H,17,20). The highest BCUT2D eigenvalue weighted by molar-refractivity contribution is 6.33. The molecule has 1 aromatic rings. The number of benzene rings is 1. The highest BCUT2D eigenvalue weighted by Crippen LogP contribution is 2.28. The van der Waals surface area contributed by atoms with Gasteiger partial charge >= 0.3 is 0 Å². The van der Waals surface area contributed by atoms with Gasteiger partial charge in [-0.15, -0.1) is 0 Å². The van der Waals surface area contributed by atoms with E-state index in [0.717, 1.165) is 12.8 Å². The Bertz CT molecular complexity index is 590. The number of fused-ring (bicyclic) bond motifs is 1. The van der Waals surface area contributed by atoms with Crippen LogP contribution in [0.15, 0.2) is 18.2 Å². The van der Waals surface area contributed by atoms with Crippen LogP contribution in [0.2, 0.25) is 5.02 Å². The number of carbonyl (C=O) groups excluding carboxylic acids is 2. The van der Waals surface area contributed by atoms with Gasteiger partial charge in [0.25, 0.3) is 5.91 Å². The maximum absolute atomic E-state index is 12.6. The molecule has 2 heterocycles. The molecule has 2 amide bonds. The molecule has 2 aliphatic rings. The number of phenols is 1. The molecule has 0 spiro atoms. The van der Waals surface area contributed by atoms with Gasteiger partial charge in [0.15, 0.2) is 0 Å². The Morgan fingerprint density at radius 3 is 3.00 bits per heavy atom. The molecule has 0 aliphatic carbocycles. The Kier molecular flexibility index (Phi) is 3.76. The molecule has 2 unspecified atom stereocenters. The number of halogens is 1. The number of nitrogens with zero attached hydrogens (tertiary/aromatic N) is 1. The van der Waals surface area contributed by atoms with Gasteiger partial charge in [0, 0.05) is 25.6 Å². The lowest BCUT2D eigenvalue weighted by molar-refractivity contribution is -0.125. The van der Waals surface area contributed by atoms with Crippen molar-refractivity contribution >= 4 is 23.4 Å². The normalized spacial score (nSPS) is 25.2. The third-order valence-corrected chi connectivity index (χ3v) is 4.62. The van der Waals surface area contributed by atoms with Gasteiger partial charge in [0.2, 0.25) is 5.91 Å². The van der Waals surface area contributed by atoms with E-state index in [9.17, 15) is 14.7 Å². The number of nitrogens with one attached hydrogen (secondary N) is 1. The predicted octanol–water partition coefficient (Wildman–Crippen LogP) is 1.79. The smallest absolute Gasteiger partial charge is 0.255 e. The summed E-state index contributed by atoms with van der Waals surface area (Å²) >= 11 is 6.05. The van der Waals surface area contributed by atoms with Crippen molar-refractivity contribution in [2.45, 2.75) is 25.3 Å². The summed E-state index contributed by atoms with van der Waals surface area (Å²) in [6, 6.07) is 4.56. The molecule has 5 nitrogen and oxygen atoms in total. The van der Waals surface area contributed by atoms with E-state index in [-0.39, 0.29) is 23.6 Å². The van der Waals surface area contributed by atoms with Gasteiger partial charge in [0.05, 0.1) is 10.6 Å². The number of hydrogen-bond donors (Lipinski definition) is 2. The van der Waals surface area contributed by atoms with Crippen LogP contribution in [0.5, 0.6) is 5.75 Å². The second-order valence-electron chi connectivity index (χ2n) is 5.68. The third kappa shape index (κ3) is 2.83. The lowest BCUT2D eigenvalue weighted by Crippen LogP contribution is -2.55. The third-order valence-electron chi connectivity index (χ3n) is 4.29. The number of carbonyl (C=O) groups is 2. The number of hydrogen-bond acceptors (Lipinski definition) is 3. The van der Waals surface area contributed by atoms with Crippen molar-refractivity contribution in [3.05, 3.63) is 28.8 Å². The van der Waals surface area contributed by atoms with E-state index < -0.39 is 0 Å². The molecule has 1 aromatic carbocycles. The topological polar surface area (TPSA) is 69.6 Å². The predicted molar refractivity (Wildman–Crippen MR) is 78.3 cm³/mol. The van der Waals surface area contributed by atoms with Gasteiger partial charge < -0.3 is 15.3 Å². The van der Waals surface area contributed by atoms with Crippen LogP contribution in [-0.2, 0) is 4.79 Å². The summed E-state index contributed by atoms with van der Waals surface area (Å²) < 4.78 is 0. The molecule has 2 fully saturated rings. The zero-order valence-electron chi connectivity index (χ0n) is 11.5. The molecule has 0 bridgehead atoms. The molecule has 112 valence electrons. The van der Waals surface area contributed by atoms with Crippen LogP contribution in [0.4, 0.5) is 0 Å². The van der Waals surface area contributed by atoms with Crippen LogP contribution in [0.3, 0.4) is 0 Å².